The maximum atomic E-state index is 12.7. The molecular formula is C20H14F3NO2. The van der Waals surface area contributed by atoms with Crippen LogP contribution in [0.4, 0.5) is 13.2 Å². The Morgan fingerprint density at radius 1 is 1.00 bits per heavy atom. The van der Waals surface area contributed by atoms with Gasteiger partial charge in [-0.1, -0.05) is 42.5 Å². The number of halogens is 3. The van der Waals surface area contributed by atoms with Crippen LogP contribution in [0.2, 0.25) is 0 Å². The second-order valence-electron chi connectivity index (χ2n) is 5.58. The molecule has 3 aromatic rings. The van der Waals surface area contributed by atoms with E-state index in [-0.39, 0.29) is 6.61 Å². The molecule has 3 rings (SSSR count). The molecule has 132 valence electrons. The minimum Gasteiger partial charge on any atom is -0.488 e. The van der Waals surface area contributed by atoms with Crippen LogP contribution in [0.1, 0.15) is 21.6 Å². The highest BCUT2D eigenvalue weighted by Crippen LogP contribution is 2.33. The van der Waals surface area contributed by atoms with E-state index >= 15 is 0 Å². The lowest BCUT2D eigenvalue weighted by molar-refractivity contribution is -0.141. The van der Waals surface area contributed by atoms with E-state index in [1.165, 1.54) is 6.07 Å². The number of alkyl halides is 3. The van der Waals surface area contributed by atoms with E-state index in [9.17, 15) is 18.0 Å². The van der Waals surface area contributed by atoms with E-state index in [1.54, 1.807) is 18.2 Å². The molecule has 0 saturated heterocycles. The molecule has 6 heteroatoms. The molecule has 0 amide bonds. The zero-order valence-corrected chi connectivity index (χ0v) is 13.5. The van der Waals surface area contributed by atoms with Crippen molar-refractivity contribution < 1.29 is 22.7 Å². The van der Waals surface area contributed by atoms with Crippen molar-refractivity contribution >= 4 is 6.29 Å². The molecule has 3 nitrogen and oxygen atoms in total. The highest BCUT2D eigenvalue weighted by Gasteiger charge is 2.32. The van der Waals surface area contributed by atoms with Crippen molar-refractivity contribution in [3.63, 3.8) is 0 Å². The molecule has 0 spiro atoms. The number of aldehydes is 1. The lowest BCUT2D eigenvalue weighted by Gasteiger charge is -2.13. The first-order valence-electron chi connectivity index (χ1n) is 7.77. The fraction of sp³-hybridized carbons (Fsp3) is 0.100. The van der Waals surface area contributed by atoms with Crippen molar-refractivity contribution in [3.8, 4) is 16.9 Å². The maximum Gasteiger partial charge on any atom is 0.433 e. The standard InChI is InChI=1S/C20H14F3NO2/c21-20(22,23)19-9-7-16(11-24-19)17-8-6-15(12-25)10-18(17)26-13-14-4-2-1-3-5-14/h1-12H,13H2. The van der Waals surface area contributed by atoms with E-state index in [1.807, 2.05) is 30.3 Å². The zero-order valence-electron chi connectivity index (χ0n) is 13.5. The Hall–Kier alpha value is -3.15. The minimum absolute atomic E-state index is 0.268. The van der Waals surface area contributed by atoms with Gasteiger partial charge < -0.3 is 4.74 Å². The van der Waals surface area contributed by atoms with Crippen molar-refractivity contribution in [2.45, 2.75) is 12.8 Å². The second kappa shape index (κ2) is 7.39. The molecule has 0 fully saturated rings. The molecule has 1 aromatic heterocycles. The first-order valence-corrected chi connectivity index (χ1v) is 7.77. The molecule has 0 atom stereocenters. The van der Waals surface area contributed by atoms with Crippen molar-refractivity contribution in [3.05, 3.63) is 83.7 Å². The van der Waals surface area contributed by atoms with Gasteiger partial charge in [-0.15, -0.1) is 0 Å². The number of nitrogens with zero attached hydrogens (tertiary/aromatic N) is 1. The van der Waals surface area contributed by atoms with Crippen molar-refractivity contribution in [1.29, 1.82) is 0 Å². The number of rotatable bonds is 5. The van der Waals surface area contributed by atoms with E-state index in [0.717, 1.165) is 17.8 Å². The van der Waals surface area contributed by atoms with Gasteiger partial charge in [-0.05, 0) is 23.8 Å². The number of benzene rings is 2. The zero-order chi connectivity index (χ0) is 18.6. The second-order valence-corrected chi connectivity index (χ2v) is 5.58. The molecule has 2 aromatic carbocycles. The average Bonchev–Trinajstić information content (AvgIpc) is 2.66. The summed E-state index contributed by atoms with van der Waals surface area (Å²) >= 11 is 0. The summed E-state index contributed by atoms with van der Waals surface area (Å²) in [5.74, 6) is 0.403. The monoisotopic (exact) mass is 357 g/mol. The number of pyridine rings is 1. The number of carbonyl (C=O) groups excluding carboxylic acids is 1. The maximum absolute atomic E-state index is 12.7. The van der Waals surface area contributed by atoms with Crippen molar-refractivity contribution in [2.24, 2.45) is 0 Å². The summed E-state index contributed by atoms with van der Waals surface area (Å²) < 4.78 is 43.9. The molecule has 0 aliphatic heterocycles. The smallest absolute Gasteiger partial charge is 0.433 e. The number of carbonyl (C=O) groups is 1. The van der Waals surface area contributed by atoms with Gasteiger partial charge in [-0.3, -0.25) is 9.78 Å². The van der Waals surface area contributed by atoms with Crippen LogP contribution in [0.3, 0.4) is 0 Å². The van der Waals surface area contributed by atoms with Gasteiger partial charge in [0.2, 0.25) is 0 Å². The lowest BCUT2D eigenvalue weighted by Crippen LogP contribution is -2.07. The SMILES string of the molecule is O=Cc1ccc(-c2ccc(C(F)(F)F)nc2)c(OCc2ccccc2)c1. The normalized spacial score (nSPS) is 11.2. The lowest BCUT2D eigenvalue weighted by atomic mass is 10.0. The summed E-state index contributed by atoms with van der Waals surface area (Å²) in [6.45, 7) is 0.268. The first kappa shape index (κ1) is 17.7. The highest BCUT2D eigenvalue weighted by atomic mass is 19.4. The van der Waals surface area contributed by atoms with Gasteiger partial charge in [0.05, 0.1) is 0 Å². The van der Waals surface area contributed by atoms with Crippen LogP contribution < -0.4 is 4.74 Å². The van der Waals surface area contributed by atoms with Gasteiger partial charge >= 0.3 is 6.18 Å². The molecule has 0 unspecified atom stereocenters. The Kier molecular flexibility index (Phi) is 5.02. The fourth-order valence-electron chi connectivity index (χ4n) is 2.43. The van der Waals surface area contributed by atoms with Gasteiger partial charge in [-0.25, -0.2) is 0 Å². The Bertz CT molecular complexity index is 891. The third-order valence-corrected chi connectivity index (χ3v) is 3.74. The number of hydrogen-bond acceptors (Lipinski definition) is 3. The van der Waals surface area contributed by atoms with Gasteiger partial charge in [0, 0.05) is 22.9 Å². The molecular weight excluding hydrogens is 343 g/mol. The molecule has 1 heterocycles. The average molecular weight is 357 g/mol. The quantitative estimate of drug-likeness (QED) is 0.592. The third kappa shape index (κ3) is 4.08. The molecule has 0 radical (unpaired) electrons. The largest absolute Gasteiger partial charge is 0.488 e. The molecule has 0 aliphatic carbocycles. The van der Waals surface area contributed by atoms with Crippen LogP contribution in [0.25, 0.3) is 11.1 Å². The minimum atomic E-state index is -4.49. The van der Waals surface area contributed by atoms with Crippen LogP contribution in [0.5, 0.6) is 5.75 Å². The summed E-state index contributed by atoms with van der Waals surface area (Å²) in [5.41, 5.74) is 1.42. The molecule has 0 saturated carbocycles. The number of ether oxygens (including phenoxy) is 1. The Labute approximate surface area is 148 Å². The van der Waals surface area contributed by atoms with Gasteiger partial charge in [0.25, 0.3) is 0 Å². The van der Waals surface area contributed by atoms with E-state index in [0.29, 0.717) is 28.7 Å². The topological polar surface area (TPSA) is 39.2 Å². The van der Waals surface area contributed by atoms with Crippen molar-refractivity contribution in [2.75, 3.05) is 0 Å². The fourth-order valence-corrected chi connectivity index (χ4v) is 2.43. The Balaban J connectivity index is 1.92. The van der Waals surface area contributed by atoms with Crippen LogP contribution >= 0.6 is 0 Å². The van der Waals surface area contributed by atoms with Crippen LogP contribution in [-0.4, -0.2) is 11.3 Å². The molecule has 0 bridgehead atoms. The van der Waals surface area contributed by atoms with E-state index in [2.05, 4.69) is 4.98 Å². The van der Waals surface area contributed by atoms with E-state index < -0.39 is 11.9 Å². The van der Waals surface area contributed by atoms with Gasteiger partial charge in [0.1, 0.15) is 24.3 Å². The van der Waals surface area contributed by atoms with Crippen LogP contribution in [-0.2, 0) is 12.8 Å². The van der Waals surface area contributed by atoms with Crippen LogP contribution in [0.15, 0.2) is 66.9 Å². The predicted octanol–water partition coefficient (Wildman–Crippen LogP) is 5.16. The van der Waals surface area contributed by atoms with Crippen LogP contribution in [0, 0.1) is 0 Å². The van der Waals surface area contributed by atoms with E-state index in [4.69, 9.17) is 4.74 Å². The van der Waals surface area contributed by atoms with Gasteiger partial charge in [-0.2, -0.15) is 13.2 Å². The number of aromatic nitrogens is 1. The Morgan fingerprint density at radius 2 is 1.77 bits per heavy atom. The molecule has 0 N–H and O–H groups in total. The predicted molar refractivity (Wildman–Crippen MR) is 90.8 cm³/mol. The van der Waals surface area contributed by atoms with Gasteiger partial charge in [0.15, 0.2) is 0 Å². The number of hydrogen-bond donors (Lipinski definition) is 0. The summed E-state index contributed by atoms with van der Waals surface area (Å²) in [7, 11) is 0. The summed E-state index contributed by atoms with van der Waals surface area (Å²) in [5, 5.41) is 0. The Morgan fingerprint density at radius 3 is 2.38 bits per heavy atom. The summed E-state index contributed by atoms with van der Waals surface area (Å²) in [6, 6.07) is 16.4. The summed E-state index contributed by atoms with van der Waals surface area (Å²) in [6.07, 6.45) is -2.66. The first-order chi connectivity index (χ1) is 12.5. The molecule has 0 aliphatic rings. The third-order valence-electron chi connectivity index (χ3n) is 3.74. The highest BCUT2D eigenvalue weighted by molar-refractivity contribution is 5.80. The molecule has 26 heavy (non-hydrogen) atoms. The van der Waals surface area contributed by atoms with Crippen molar-refractivity contribution in [1.82, 2.24) is 4.98 Å². The summed E-state index contributed by atoms with van der Waals surface area (Å²) in [4.78, 5) is 14.5.